The van der Waals surface area contributed by atoms with Crippen LogP contribution in [0.2, 0.25) is 0 Å². The predicted octanol–water partition coefficient (Wildman–Crippen LogP) is 3.40. The van der Waals surface area contributed by atoms with Gasteiger partial charge < -0.3 is 5.73 Å². The van der Waals surface area contributed by atoms with Crippen LogP contribution in [0.5, 0.6) is 0 Å². The van der Waals surface area contributed by atoms with Crippen LogP contribution in [-0.2, 0) is 0 Å². The molecule has 2 saturated carbocycles. The summed E-state index contributed by atoms with van der Waals surface area (Å²) in [7, 11) is 0. The summed E-state index contributed by atoms with van der Waals surface area (Å²) in [5.41, 5.74) is 6.41. The molecule has 2 aliphatic carbocycles. The van der Waals surface area contributed by atoms with Gasteiger partial charge in [-0.2, -0.15) is 0 Å². The molecule has 2 N–H and O–H groups in total. The zero-order valence-corrected chi connectivity index (χ0v) is 12.4. The molecule has 0 aliphatic heterocycles. The number of hydrogen-bond donors (Lipinski definition) is 1. The van der Waals surface area contributed by atoms with E-state index in [2.05, 4.69) is 18.7 Å². The lowest BCUT2D eigenvalue weighted by molar-refractivity contribution is 0.0810. The highest BCUT2D eigenvalue weighted by Gasteiger charge is 2.33. The van der Waals surface area contributed by atoms with E-state index in [0.29, 0.717) is 12.1 Å². The second-order valence-corrected chi connectivity index (χ2v) is 6.58. The van der Waals surface area contributed by atoms with E-state index in [4.69, 9.17) is 5.73 Å². The maximum atomic E-state index is 6.41. The van der Waals surface area contributed by atoms with Crippen molar-refractivity contribution in [1.82, 2.24) is 4.90 Å². The minimum atomic E-state index is 0.429. The molecule has 0 aromatic rings. The van der Waals surface area contributed by atoms with Crippen LogP contribution in [0.4, 0.5) is 0 Å². The van der Waals surface area contributed by atoms with Crippen LogP contribution in [0, 0.1) is 11.8 Å². The fraction of sp³-hybridized carbons (Fsp3) is 1.00. The normalized spacial score (nSPS) is 33.7. The average Bonchev–Trinajstić information content (AvgIpc) is 2.32. The SMILES string of the molecule is CCCC1CCC(N)C(N(CC)CC2CCC2)C1. The molecule has 0 radical (unpaired) electrons. The van der Waals surface area contributed by atoms with E-state index in [-0.39, 0.29) is 0 Å². The molecule has 0 heterocycles. The highest BCUT2D eigenvalue weighted by atomic mass is 15.2. The fourth-order valence-corrected chi connectivity index (χ4v) is 3.85. The van der Waals surface area contributed by atoms with Crippen molar-refractivity contribution in [3.63, 3.8) is 0 Å². The second-order valence-electron chi connectivity index (χ2n) is 6.58. The Hall–Kier alpha value is -0.0800. The van der Waals surface area contributed by atoms with Crippen molar-refractivity contribution in [3.8, 4) is 0 Å². The Kier molecular flexibility index (Phi) is 5.50. The van der Waals surface area contributed by atoms with E-state index in [0.717, 1.165) is 11.8 Å². The summed E-state index contributed by atoms with van der Waals surface area (Å²) in [6.07, 6.45) is 11.1. The van der Waals surface area contributed by atoms with E-state index in [1.165, 1.54) is 64.5 Å². The average molecular weight is 252 g/mol. The Morgan fingerprint density at radius 2 is 1.83 bits per heavy atom. The number of nitrogens with zero attached hydrogens (tertiary/aromatic N) is 1. The first-order chi connectivity index (χ1) is 8.74. The standard InChI is InChI=1S/C16H32N2/c1-3-6-13-9-10-15(17)16(11-13)18(4-2)12-14-7-5-8-14/h13-16H,3-12,17H2,1-2H3. The van der Waals surface area contributed by atoms with E-state index < -0.39 is 0 Å². The quantitative estimate of drug-likeness (QED) is 0.785. The molecule has 3 unspecified atom stereocenters. The van der Waals surface area contributed by atoms with E-state index >= 15 is 0 Å². The van der Waals surface area contributed by atoms with Gasteiger partial charge in [-0.05, 0) is 50.5 Å². The molecule has 2 fully saturated rings. The number of nitrogens with two attached hydrogens (primary N) is 1. The first-order valence-corrected chi connectivity index (χ1v) is 8.24. The Bertz CT molecular complexity index is 237. The fourth-order valence-electron chi connectivity index (χ4n) is 3.85. The highest BCUT2D eigenvalue weighted by molar-refractivity contribution is 4.90. The van der Waals surface area contributed by atoms with Gasteiger partial charge in [0.25, 0.3) is 0 Å². The molecule has 0 aromatic carbocycles. The molecular weight excluding hydrogens is 220 g/mol. The first-order valence-electron chi connectivity index (χ1n) is 8.24. The smallest absolute Gasteiger partial charge is 0.0249 e. The Balaban J connectivity index is 1.88. The van der Waals surface area contributed by atoms with Crippen LogP contribution in [0.1, 0.15) is 65.2 Å². The minimum Gasteiger partial charge on any atom is -0.326 e. The molecule has 0 saturated heterocycles. The molecule has 0 bridgehead atoms. The van der Waals surface area contributed by atoms with Crippen molar-refractivity contribution in [2.45, 2.75) is 77.3 Å². The molecule has 3 atom stereocenters. The molecule has 0 aromatic heterocycles. The number of hydrogen-bond acceptors (Lipinski definition) is 2. The van der Waals surface area contributed by atoms with Gasteiger partial charge in [0.15, 0.2) is 0 Å². The van der Waals surface area contributed by atoms with Crippen LogP contribution < -0.4 is 5.73 Å². The van der Waals surface area contributed by atoms with Crippen molar-refractivity contribution < 1.29 is 0 Å². The Morgan fingerprint density at radius 1 is 1.06 bits per heavy atom. The van der Waals surface area contributed by atoms with Crippen molar-refractivity contribution in [2.75, 3.05) is 13.1 Å². The van der Waals surface area contributed by atoms with Gasteiger partial charge in [0.1, 0.15) is 0 Å². The number of likely N-dealkylation sites (N-methyl/N-ethyl adjacent to an activating group) is 1. The molecule has 2 heteroatoms. The Morgan fingerprint density at radius 3 is 2.39 bits per heavy atom. The summed E-state index contributed by atoms with van der Waals surface area (Å²) in [6.45, 7) is 7.13. The van der Waals surface area contributed by atoms with Gasteiger partial charge in [-0.3, -0.25) is 4.90 Å². The summed E-state index contributed by atoms with van der Waals surface area (Å²) in [4.78, 5) is 2.70. The molecule has 2 rings (SSSR count). The van der Waals surface area contributed by atoms with Crippen molar-refractivity contribution in [1.29, 1.82) is 0 Å². The molecule has 106 valence electrons. The maximum Gasteiger partial charge on any atom is 0.0249 e. The lowest BCUT2D eigenvalue weighted by Crippen LogP contribution is -2.52. The monoisotopic (exact) mass is 252 g/mol. The third-order valence-corrected chi connectivity index (χ3v) is 5.27. The van der Waals surface area contributed by atoms with Crippen LogP contribution in [-0.4, -0.2) is 30.1 Å². The van der Waals surface area contributed by atoms with Gasteiger partial charge in [0.2, 0.25) is 0 Å². The zero-order chi connectivity index (χ0) is 13.0. The van der Waals surface area contributed by atoms with Gasteiger partial charge in [-0.1, -0.05) is 33.1 Å². The minimum absolute atomic E-state index is 0.429. The van der Waals surface area contributed by atoms with Crippen LogP contribution in [0.3, 0.4) is 0 Å². The topological polar surface area (TPSA) is 29.3 Å². The highest BCUT2D eigenvalue weighted by Crippen LogP contribution is 2.33. The third-order valence-electron chi connectivity index (χ3n) is 5.27. The Labute approximate surface area is 113 Å². The summed E-state index contributed by atoms with van der Waals surface area (Å²) in [5.74, 6) is 1.92. The third kappa shape index (κ3) is 3.48. The van der Waals surface area contributed by atoms with Crippen LogP contribution in [0.25, 0.3) is 0 Å². The molecule has 2 nitrogen and oxygen atoms in total. The van der Waals surface area contributed by atoms with Crippen LogP contribution in [0.15, 0.2) is 0 Å². The van der Waals surface area contributed by atoms with Gasteiger partial charge in [-0.15, -0.1) is 0 Å². The molecule has 0 spiro atoms. The van der Waals surface area contributed by atoms with Crippen molar-refractivity contribution in [3.05, 3.63) is 0 Å². The van der Waals surface area contributed by atoms with Crippen molar-refractivity contribution >= 4 is 0 Å². The maximum absolute atomic E-state index is 6.41. The summed E-state index contributed by atoms with van der Waals surface area (Å²) >= 11 is 0. The van der Waals surface area contributed by atoms with Crippen molar-refractivity contribution in [2.24, 2.45) is 17.6 Å². The first kappa shape index (κ1) is 14.3. The second kappa shape index (κ2) is 6.91. The lowest BCUT2D eigenvalue weighted by atomic mass is 9.78. The molecule has 2 aliphatic rings. The van der Waals surface area contributed by atoms with Gasteiger partial charge in [0, 0.05) is 18.6 Å². The summed E-state index contributed by atoms with van der Waals surface area (Å²) < 4.78 is 0. The summed E-state index contributed by atoms with van der Waals surface area (Å²) in [6, 6.07) is 1.10. The largest absolute Gasteiger partial charge is 0.326 e. The molecular formula is C16H32N2. The van der Waals surface area contributed by atoms with Gasteiger partial charge >= 0.3 is 0 Å². The van der Waals surface area contributed by atoms with Gasteiger partial charge in [0.05, 0.1) is 0 Å². The van der Waals surface area contributed by atoms with E-state index in [9.17, 15) is 0 Å². The van der Waals surface area contributed by atoms with E-state index in [1.807, 2.05) is 0 Å². The number of rotatable bonds is 6. The lowest BCUT2D eigenvalue weighted by Gasteiger charge is -2.43. The summed E-state index contributed by atoms with van der Waals surface area (Å²) in [5, 5.41) is 0. The molecule has 18 heavy (non-hydrogen) atoms. The molecule has 0 amide bonds. The van der Waals surface area contributed by atoms with Crippen LogP contribution >= 0.6 is 0 Å². The predicted molar refractivity (Wildman–Crippen MR) is 78.6 cm³/mol. The van der Waals surface area contributed by atoms with E-state index in [1.54, 1.807) is 0 Å². The van der Waals surface area contributed by atoms with Gasteiger partial charge in [-0.25, -0.2) is 0 Å². The zero-order valence-electron chi connectivity index (χ0n) is 12.4.